The van der Waals surface area contributed by atoms with E-state index >= 15 is 0 Å². The topological polar surface area (TPSA) is 45.4 Å². The van der Waals surface area contributed by atoms with Gasteiger partial charge in [0.25, 0.3) is 0 Å². The molecule has 2 aromatic carbocycles. The average Bonchev–Trinajstić information content (AvgIpc) is 3.20. The smallest absolute Gasteiger partial charge is 0.134 e. The molecule has 1 heterocycles. The van der Waals surface area contributed by atoms with Crippen molar-refractivity contribution in [1.29, 1.82) is 0 Å². The van der Waals surface area contributed by atoms with Crippen LogP contribution in [-0.2, 0) is 0 Å². The van der Waals surface area contributed by atoms with Crippen LogP contribution in [0.4, 0.5) is 0 Å². The van der Waals surface area contributed by atoms with Gasteiger partial charge in [0.2, 0.25) is 0 Å². The van der Waals surface area contributed by atoms with Gasteiger partial charge < -0.3 is 14.8 Å². The molecule has 3 rings (SSSR count). The predicted molar refractivity (Wildman–Crippen MR) is 101 cm³/mol. The van der Waals surface area contributed by atoms with Gasteiger partial charge in [0.05, 0.1) is 12.4 Å². The van der Waals surface area contributed by atoms with E-state index in [0.717, 1.165) is 22.5 Å². The van der Waals surface area contributed by atoms with Crippen LogP contribution >= 0.6 is 0 Å². The van der Waals surface area contributed by atoms with E-state index in [1.165, 1.54) is 0 Å². The molecule has 0 aliphatic heterocycles. The first kappa shape index (κ1) is 17.2. The molecule has 3 aromatic rings. The van der Waals surface area contributed by atoms with Gasteiger partial charge in [0.15, 0.2) is 0 Å². The van der Waals surface area contributed by atoms with E-state index in [0.29, 0.717) is 6.54 Å². The molecule has 0 saturated heterocycles. The van der Waals surface area contributed by atoms with E-state index in [1.54, 1.807) is 6.26 Å². The van der Waals surface area contributed by atoms with Crippen molar-refractivity contribution >= 4 is 5.57 Å². The molecule has 0 saturated carbocycles. The predicted octanol–water partition coefficient (Wildman–Crippen LogP) is 4.42. The summed E-state index contributed by atoms with van der Waals surface area (Å²) in [5.41, 5.74) is 3.07. The molecule has 0 bridgehead atoms. The zero-order chi connectivity index (χ0) is 17.5. The van der Waals surface area contributed by atoms with Crippen molar-refractivity contribution in [2.75, 3.05) is 6.54 Å². The lowest BCUT2D eigenvalue weighted by atomic mass is 10.0. The van der Waals surface area contributed by atoms with Gasteiger partial charge in [-0.15, -0.1) is 0 Å². The Morgan fingerprint density at radius 3 is 2.32 bits per heavy atom. The minimum atomic E-state index is -0.543. The average molecular weight is 333 g/mol. The summed E-state index contributed by atoms with van der Waals surface area (Å²) < 4.78 is 5.58. The number of nitrogens with one attached hydrogen (secondary N) is 1. The molecule has 3 heteroatoms. The second-order valence-corrected chi connectivity index (χ2v) is 6.01. The van der Waals surface area contributed by atoms with Crippen molar-refractivity contribution in [3.63, 3.8) is 0 Å². The van der Waals surface area contributed by atoms with Crippen LogP contribution in [0.15, 0.2) is 89.6 Å². The van der Waals surface area contributed by atoms with Gasteiger partial charge in [-0.1, -0.05) is 66.7 Å². The summed E-state index contributed by atoms with van der Waals surface area (Å²) in [5.74, 6) is 0.837. The van der Waals surface area contributed by atoms with Gasteiger partial charge in [-0.05, 0) is 30.2 Å². The molecule has 0 fully saturated rings. The lowest BCUT2D eigenvalue weighted by Gasteiger charge is -2.20. The molecule has 2 atom stereocenters. The van der Waals surface area contributed by atoms with Crippen LogP contribution < -0.4 is 5.32 Å². The van der Waals surface area contributed by atoms with Crippen molar-refractivity contribution in [2.24, 2.45) is 0 Å². The van der Waals surface area contributed by atoms with Gasteiger partial charge >= 0.3 is 0 Å². The highest BCUT2D eigenvalue weighted by molar-refractivity contribution is 5.77. The first-order valence-electron chi connectivity index (χ1n) is 8.51. The maximum atomic E-state index is 10.5. The summed E-state index contributed by atoms with van der Waals surface area (Å²) in [7, 11) is 0. The zero-order valence-electron chi connectivity index (χ0n) is 14.3. The Kier molecular flexibility index (Phi) is 5.83. The van der Waals surface area contributed by atoms with Crippen molar-refractivity contribution in [1.82, 2.24) is 5.32 Å². The molecule has 1 aromatic heterocycles. The Morgan fingerprint density at radius 1 is 1.00 bits per heavy atom. The summed E-state index contributed by atoms with van der Waals surface area (Å²) in [4.78, 5) is 0. The van der Waals surface area contributed by atoms with E-state index in [1.807, 2.05) is 67.6 Å². The van der Waals surface area contributed by atoms with Gasteiger partial charge in [0.1, 0.15) is 5.76 Å². The molecule has 0 aliphatic carbocycles. The molecule has 2 N–H and O–H groups in total. The van der Waals surface area contributed by atoms with E-state index < -0.39 is 6.10 Å². The van der Waals surface area contributed by atoms with E-state index in [9.17, 15) is 5.11 Å². The minimum absolute atomic E-state index is 0.0627. The molecule has 128 valence electrons. The third-order valence-corrected chi connectivity index (χ3v) is 4.23. The Hall–Kier alpha value is -2.62. The standard InChI is InChI=1S/C22H23NO2/c1-17(22(24)19-11-6-3-7-12-19)23-15-14-20(21-13-8-16-25-21)18-9-4-2-5-10-18/h2-14,16-17,22-24H,15H2,1H3/b20-14+. The first-order valence-corrected chi connectivity index (χ1v) is 8.51. The summed E-state index contributed by atoms with van der Waals surface area (Å²) in [6.45, 7) is 2.62. The van der Waals surface area contributed by atoms with Crippen molar-refractivity contribution in [3.05, 3.63) is 102 Å². The largest absolute Gasteiger partial charge is 0.464 e. The number of aliphatic hydroxyl groups is 1. The molecule has 0 spiro atoms. The number of benzene rings is 2. The third-order valence-electron chi connectivity index (χ3n) is 4.23. The van der Waals surface area contributed by atoms with E-state index in [-0.39, 0.29) is 6.04 Å². The molecule has 3 nitrogen and oxygen atoms in total. The van der Waals surface area contributed by atoms with Crippen molar-refractivity contribution in [3.8, 4) is 0 Å². The van der Waals surface area contributed by atoms with Gasteiger partial charge in [0, 0.05) is 18.2 Å². The Balaban J connectivity index is 1.70. The van der Waals surface area contributed by atoms with Crippen molar-refractivity contribution in [2.45, 2.75) is 19.1 Å². The van der Waals surface area contributed by atoms with Crippen LogP contribution in [0.2, 0.25) is 0 Å². The highest BCUT2D eigenvalue weighted by Crippen LogP contribution is 2.23. The van der Waals surface area contributed by atoms with Gasteiger partial charge in [-0.2, -0.15) is 0 Å². The van der Waals surface area contributed by atoms with Crippen LogP contribution in [0, 0.1) is 0 Å². The van der Waals surface area contributed by atoms with Crippen LogP contribution in [0.3, 0.4) is 0 Å². The minimum Gasteiger partial charge on any atom is -0.464 e. The summed E-state index contributed by atoms with van der Waals surface area (Å²) in [6.07, 6.45) is 3.24. The van der Waals surface area contributed by atoms with Crippen molar-refractivity contribution < 1.29 is 9.52 Å². The normalized spacial score (nSPS) is 14.2. The van der Waals surface area contributed by atoms with E-state index in [4.69, 9.17) is 4.42 Å². The summed E-state index contributed by atoms with van der Waals surface area (Å²) in [5, 5.41) is 13.8. The number of furan rings is 1. The van der Waals surface area contributed by atoms with E-state index in [2.05, 4.69) is 23.5 Å². The fourth-order valence-corrected chi connectivity index (χ4v) is 2.81. The van der Waals surface area contributed by atoms with Crippen LogP contribution in [-0.4, -0.2) is 17.7 Å². The molecular formula is C22H23NO2. The number of aliphatic hydroxyl groups excluding tert-OH is 1. The van der Waals surface area contributed by atoms with Gasteiger partial charge in [-0.25, -0.2) is 0 Å². The number of rotatable bonds is 7. The van der Waals surface area contributed by atoms with Crippen LogP contribution in [0.25, 0.3) is 5.57 Å². The second kappa shape index (κ2) is 8.47. The van der Waals surface area contributed by atoms with Crippen LogP contribution in [0.5, 0.6) is 0 Å². The first-order chi connectivity index (χ1) is 12.3. The molecule has 0 aliphatic rings. The fraction of sp³-hybridized carbons (Fsp3) is 0.182. The Bertz CT molecular complexity index is 779. The molecule has 2 unspecified atom stereocenters. The quantitative estimate of drug-likeness (QED) is 0.672. The molecule has 25 heavy (non-hydrogen) atoms. The molecule has 0 amide bonds. The SMILES string of the molecule is CC(NC/C=C(\c1ccccc1)c1ccco1)C(O)c1ccccc1. The maximum Gasteiger partial charge on any atom is 0.134 e. The Morgan fingerprint density at radius 2 is 1.68 bits per heavy atom. The van der Waals surface area contributed by atoms with Gasteiger partial charge in [-0.3, -0.25) is 0 Å². The second-order valence-electron chi connectivity index (χ2n) is 6.01. The Labute approximate surface area is 148 Å². The lowest BCUT2D eigenvalue weighted by Crippen LogP contribution is -2.32. The number of hydrogen-bond donors (Lipinski definition) is 2. The third kappa shape index (κ3) is 4.47. The number of hydrogen-bond acceptors (Lipinski definition) is 3. The fourth-order valence-electron chi connectivity index (χ4n) is 2.81. The highest BCUT2D eigenvalue weighted by atomic mass is 16.3. The van der Waals surface area contributed by atoms with Crippen LogP contribution in [0.1, 0.15) is 29.9 Å². The summed E-state index contributed by atoms with van der Waals surface area (Å²) >= 11 is 0. The zero-order valence-corrected chi connectivity index (χ0v) is 14.3. The molecular weight excluding hydrogens is 310 g/mol. The molecule has 0 radical (unpaired) electrons. The highest BCUT2D eigenvalue weighted by Gasteiger charge is 2.15. The summed E-state index contributed by atoms with van der Waals surface area (Å²) in [6, 6.07) is 23.7. The monoisotopic (exact) mass is 333 g/mol. The maximum absolute atomic E-state index is 10.5. The lowest BCUT2D eigenvalue weighted by molar-refractivity contribution is 0.138.